The van der Waals surface area contributed by atoms with Crippen molar-refractivity contribution in [2.45, 2.75) is 77.7 Å². The summed E-state index contributed by atoms with van der Waals surface area (Å²) in [7, 11) is 0. The second-order valence-electron chi connectivity index (χ2n) is 10.3. The number of nitrogens with one attached hydrogen (secondary N) is 1. The molecule has 1 aromatic carbocycles. The lowest BCUT2D eigenvalue weighted by Crippen LogP contribution is -2.53. The van der Waals surface area contributed by atoms with Gasteiger partial charge in [0.05, 0.1) is 11.5 Å². The number of benzene rings is 1. The number of rotatable bonds is 3. The molecular formula is C26H38N2O3. The Bertz CT molecular complexity index is 779. The predicted molar refractivity (Wildman–Crippen MR) is 122 cm³/mol. The molecule has 3 aliphatic rings. The summed E-state index contributed by atoms with van der Waals surface area (Å²) in [6.07, 6.45) is 8.50. The SMILES string of the molecule is CC(C)C[C@H]1COc2ccccc2CCCCC2(CCN(C(=O)C3CC3)CC2)C(=O)N1. The maximum absolute atomic E-state index is 13.6. The van der Waals surface area contributed by atoms with Crippen LogP contribution in [-0.2, 0) is 16.0 Å². The number of para-hydroxylation sites is 1. The molecule has 0 aromatic heterocycles. The van der Waals surface area contributed by atoms with Crippen molar-refractivity contribution in [1.82, 2.24) is 10.2 Å². The van der Waals surface area contributed by atoms with Gasteiger partial charge in [0.15, 0.2) is 0 Å². The van der Waals surface area contributed by atoms with Gasteiger partial charge in [-0.25, -0.2) is 0 Å². The number of nitrogens with zero attached hydrogens (tertiary/aromatic N) is 1. The van der Waals surface area contributed by atoms with Crippen molar-refractivity contribution in [2.75, 3.05) is 19.7 Å². The lowest BCUT2D eigenvalue weighted by atomic mass is 9.73. The number of fused-ring (bicyclic) bond motifs is 1. The van der Waals surface area contributed by atoms with E-state index >= 15 is 0 Å². The van der Waals surface area contributed by atoms with Crippen LogP contribution in [0, 0.1) is 17.3 Å². The molecule has 1 saturated heterocycles. The van der Waals surface area contributed by atoms with E-state index in [0.29, 0.717) is 18.4 Å². The number of piperidine rings is 1. The quantitative estimate of drug-likeness (QED) is 0.782. The molecule has 1 N–H and O–H groups in total. The van der Waals surface area contributed by atoms with Crippen LogP contribution in [0.2, 0.25) is 0 Å². The normalized spacial score (nSPS) is 24.5. The van der Waals surface area contributed by atoms with E-state index in [-0.39, 0.29) is 23.3 Å². The molecule has 5 nitrogen and oxygen atoms in total. The monoisotopic (exact) mass is 426 g/mol. The fourth-order valence-corrected chi connectivity index (χ4v) is 5.23. The third kappa shape index (κ3) is 5.42. The zero-order chi connectivity index (χ0) is 21.8. The Morgan fingerprint density at radius 1 is 1.16 bits per heavy atom. The van der Waals surface area contributed by atoms with Gasteiger partial charge in [0, 0.05) is 19.0 Å². The molecule has 2 aliphatic heterocycles. The van der Waals surface area contributed by atoms with Gasteiger partial charge < -0.3 is 15.0 Å². The Morgan fingerprint density at radius 3 is 2.61 bits per heavy atom. The van der Waals surface area contributed by atoms with Gasteiger partial charge in [0.1, 0.15) is 12.4 Å². The van der Waals surface area contributed by atoms with Crippen LogP contribution in [0.25, 0.3) is 0 Å². The van der Waals surface area contributed by atoms with Crippen LogP contribution in [0.5, 0.6) is 5.75 Å². The number of hydrogen-bond donors (Lipinski definition) is 1. The minimum absolute atomic E-state index is 0.00276. The number of amides is 2. The van der Waals surface area contributed by atoms with Crippen LogP contribution in [0.4, 0.5) is 0 Å². The molecule has 1 aromatic rings. The highest BCUT2D eigenvalue weighted by Gasteiger charge is 2.44. The third-order valence-electron chi connectivity index (χ3n) is 7.30. The molecule has 4 rings (SSSR count). The second kappa shape index (κ2) is 9.62. The summed E-state index contributed by atoms with van der Waals surface area (Å²) in [5.41, 5.74) is 0.908. The summed E-state index contributed by atoms with van der Waals surface area (Å²) >= 11 is 0. The number of likely N-dealkylation sites (tertiary alicyclic amines) is 1. The summed E-state index contributed by atoms with van der Waals surface area (Å²) in [5.74, 6) is 2.17. The average Bonchev–Trinajstić information content (AvgIpc) is 3.60. The highest BCUT2D eigenvalue weighted by atomic mass is 16.5. The third-order valence-corrected chi connectivity index (χ3v) is 7.30. The molecular weight excluding hydrogens is 388 g/mol. The minimum Gasteiger partial charge on any atom is -0.491 e. The fourth-order valence-electron chi connectivity index (χ4n) is 5.23. The molecule has 170 valence electrons. The highest BCUT2D eigenvalue weighted by Crippen LogP contribution is 2.40. The highest BCUT2D eigenvalue weighted by molar-refractivity contribution is 5.84. The summed E-state index contributed by atoms with van der Waals surface area (Å²) in [6.45, 7) is 6.32. The average molecular weight is 427 g/mol. The van der Waals surface area contributed by atoms with Crippen LogP contribution in [0.1, 0.15) is 70.8 Å². The second-order valence-corrected chi connectivity index (χ2v) is 10.3. The first-order valence-electron chi connectivity index (χ1n) is 12.3. The summed E-state index contributed by atoms with van der Waals surface area (Å²) in [6, 6.07) is 8.31. The van der Waals surface area contributed by atoms with Crippen LogP contribution in [0.3, 0.4) is 0 Å². The maximum atomic E-state index is 13.6. The molecule has 2 heterocycles. The number of carbonyl (C=O) groups excluding carboxylic acids is 2. The van der Waals surface area contributed by atoms with E-state index in [9.17, 15) is 9.59 Å². The summed E-state index contributed by atoms with van der Waals surface area (Å²) in [5, 5.41) is 3.37. The van der Waals surface area contributed by atoms with Gasteiger partial charge in [-0.05, 0) is 68.9 Å². The van der Waals surface area contributed by atoms with Crippen molar-refractivity contribution in [3.8, 4) is 5.75 Å². The van der Waals surface area contributed by atoms with E-state index in [1.165, 1.54) is 5.56 Å². The van der Waals surface area contributed by atoms with E-state index in [1.807, 2.05) is 17.0 Å². The van der Waals surface area contributed by atoms with Crippen LogP contribution >= 0.6 is 0 Å². The van der Waals surface area contributed by atoms with Gasteiger partial charge in [-0.2, -0.15) is 0 Å². The molecule has 1 aliphatic carbocycles. The van der Waals surface area contributed by atoms with Crippen molar-refractivity contribution in [1.29, 1.82) is 0 Å². The van der Waals surface area contributed by atoms with Crippen molar-refractivity contribution in [2.24, 2.45) is 17.3 Å². The topological polar surface area (TPSA) is 58.6 Å². The molecule has 31 heavy (non-hydrogen) atoms. The molecule has 0 bridgehead atoms. The molecule has 1 saturated carbocycles. The van der Waals surface area contributed by atoms with E-state index in [4.69, 9.17) is 4.74 Å². The van der Waals surface area contributed by atoms with Gasteiger partial charge in [-0.15, -0.1) is 0 Å². The first-order chi connectivity index (χ1) is 15.0. The largest absolute Gasteiger partial charge is 0.491 e. The Labute approximate surface area is 186 Å². The van der Waals surface area contributed by atoms with Gasteiger partial charge in [0.25, 0.3) is 0 Å². The first kappa shape index (κ1) is 22.2. The Balaban J connectivity index is 1.50. The lowest BCUT2D eigenvalue weighted by molar-refractivity contribution is -0.142. The van der Waals surface area contributed by atoms with E-state index in [0.717, 1.165) is 76.6 Å². The minimum atomic E-state index is -0.353. The molecule has 2 fully saturated rings. The number of carbonyl (C=O) groups is 2. The molecule has 0 radical (unpaired) electrons. The van der Waals surface area contributed by atoms with Crippen LogP contribution in [-0.4, -0.2) is 42.5 Å². The van der Waals surface area contributed by atoms with Crippen LogP contribution in [0.15, 0.2) is 24.3 Å². The smallest absolute Gasteiger partial charge is 0.226 e. The molecule has 0 unspecified atom stereocenters. The molecule has 1 spiro atoms. The number of ether oxygens (including phenoxy) is 1. The van der Waals surface area contributed by atoms with Crippen molar-refractivity contribution in [3.05, 3.63) is 29.8 Å². The van der Waals surface area contributed by atoms with Crippen molar-refractivity contribution < 1.29 is 14.3 Å². The van der Waals surface area contributed by atoms with Gasteiger partial charge in [0.2, 0.25) is 11.8 Å². The fraction of sp³-hybridized carbons (Fsp3) is 0.692. The Hall–Kier alpha value is -2.04. The van der Waals surface area contributed by atoms with E-state index in [1.54, 1.807) is 0 Å². The summed E-state index contributed by atoms with van der Waals surface area (Å²) < 4.78 is 6.21. The lowest BCUT2D eigenvalue weighted by Gasteiger charge is -2.42. The summed E-state index contributed by atoms with van der Waals surface area (Å²) in [4.78, 5) is 28.1. The first-order valence-corrected chi connectivity index (χ1v) is 12.3. The predicted octanol–water partition coefficient (Wildman–Crippen LogP) is 4.34. The Kier molecular flexibility index (Phi) is 6.88. The molecule has 2 amide bonds. The van der Waals surface area contributed by atoms with Gasteiger partial charge in [-0.3, -0.25) is 9.59 Å². The zero-order valence-corrected chi connectivity index (χ0v) is 19.2. The van der Waals surface area contributed by atoms with Gasteiger partial charge >= 0.3 is 0 Å². The van der Waals surface area contributed by atoms with E-state index < -0.39 is 0 Å². The van der Waals surface area contributed by atoms with Gasteiger partial charge in [-0.1, -0.05) is 38.5 Å². The standard InChI is InChI=1S/C26H38N2O3/c1-19(2)17-22-18-31-23-9-4-3-7-20(23)8-5-6-12-26(25(30)27-22)13-15-28(16-14-26)24(29)21-10-11-21/h3-4,7,9,19,21-22H,5-6,8,10-18H2,1-2H3,(H,27,30)/t22-/m0/s1. The molecule has 5 heteroatoms. The number of hydrogen-bond acceptors (Lipinski definition) is 3. The van der Waals surface area contributed by atoms with E-state index in [2.05, 4.69) is 31.3 Å². The van der Waals surface area contributed by atoms with Crippen molar-refractivity contribution in [3.63, 3.8) is 0 Å². The Morgan fingerprint density at radius 2 is 1.90 bits per heavy atom. The number of aryl methyl sites for hydroxylation is 1. The zero-order valence-electron chi connectivity index (χ0n) is 19.2. The maximum Gasteiger partial charge on any atom is 0.226 e. The van der Waals surface area contributed by atoms with Crippen molar-refractivity contribution >= 4 is 11.8 Å². The van der Waals surface area contributed by atoms with Crippen LogP contribution < -0.4 is 10.1 Å². The molecule has 1 atom stereocenters.